The summed E-state index contributed by atoms with van der Waals surface area (Å²) in [4.78, 5) is 17.0. The number of amides is 1. The normalized spacial score (nSPS) is 11.6. The van der Waals surface area contributed by atoms with Gasteiger partial charge < -0.3 is 5.32 Å². The van der Waals surface area contributed by atoms with Crippen LogP contribution in [-0.2, 0) is 11.2 Å². The number of aromatic nitrogens is 1. The van der Waals surface area contributed by atoms with Crippen molar-refractivity contribution in [3.63, 3.8) is 0 Å². The van der Waals surface area contributed by atoms with Crippen molar-refractivity contribution in [1.29, 1.82) is 5.41 Å². The van der Waals surface area contributed by atoms with Crippen LogP contribution < -0.4 is 5.32 Å². The number of carbonyl (C=O) groups excluding carboxylic acids is 1. The molecule has 6 heteroatoms. The lowest BCUT2D eigenvalue weighted by molar-refractivity contribution is -0.121. The van der Waals surface area contributed by atoms with Crippen molar-refractivity contribution in [3.05, 3.63) is 99.8 Å². The van der Waals surface area contributed by atoms with E-state index in [1.165, 1.54) is 0 Å². The maximum absolute atomic E-state index is 12.9. The van der Waals surface area contributed by atoms with Crippen LogP contribution in [0.2, 0.25) is 10.0 Å². The molecule has 3 rings (SSSR count). The molecule has 0 aliphatic carbocycles. The summed E-state index contributed by atoms with van der Waals surface area (Å²) in [7, 11) is 0. The lowest BCUT2D eigenvalue weighted by Crippen LogP contribution is -2.36. The van der Waals surface area contributed by atoms with Crippen molar-refractivity contribution in [1.82, 2.24) is 10.3 Å². The Bertz CT molecular complexity index is 946. The van der Waals surface area contributed by atoms with Gasteiger partial charge in [-0.05, 0) is 41.8 Å². The van der Waals surface area contributed by atoms with Crippen LogP contribution in [-0.4, -0.2) is 16.7 Å². The smallest absolute Gasteiger partial charge is 0.233 e. The molecule has 3 aromatic rings. The van der Waals surface area contributed by atoms with E-state index in [1.807, 2.05) is 36.4 Å². The quantitative estimate of drug-likeness (QED) is 0.476. The van der Waals surface area contributed by atoms with E-state index in [0.29, 0.717) is 22.2 Å². The molecule has 1 amide bonds. The highest BCUT2D eigenvalue weighted by atomic mass is 35.5. The molecule has 2 aromatic carbocycles. The minimum atomic E-state index is -0.479. The van der Waals surface area contributed by atoms with Crippen molar-refractivity contribution < 1.29 is 4.79 Å². The molecule has 2 N–H and O–H groups in total. The fraction of sp³-hybridized carbons (Fsp3) is 0.0952. The van der Waals surface area contributed by atoms with Crippen LogP contribution in [0.1, 0.15) is 22.7 Å². The molecule has 1 atom stereocenters. The number of benzene rings is 2. The van der Waals surface area contributed by atoms with Gasteiger partial charge in [-0.25, -0.2) is 0 Å². The lowest BCUT2D eigenvalue weighted by Gasteiger charge is -2.18. The molecule has 1 unspecified atom stereocenters. The Kier molecular flexibility index (Phi) is 6.22. The summed E-state index contributed by atoms with van der Waals surface area (Å²) in [5.74, 6) is -0.786. The predicted molar refractivity (Wildman–Crippen MR) is 109 cm³/mol. The number of nitrogens with one attached hydrogen (secondary N) is 2. The second kappa shape index (κ2) is 8.80. The van der Waals surface area contributed by atoms with Crippen molar-refractivity contribution in [2.24, 2.45) is 0 Å². The molecular formula is C21H17Cl2N3O. The number of hydrogen-bond acceptors (Lipinski definition) is 3. The van der Waals surface area contributed by atoms with E-state index < -0.39 is 5.92 Å². The monoisotopic (exact) mass is 397 g/mol. The minimum absolute atomic E-state index is 0.0318. The molecule has 0 aliphatic heterocycles. The summed E-state index contributed by atoms with van der Waals surface area (Å²) < 4.78 is 0. The fourth-order valence-electron chi connectivity index (χ4n) is 2.73. The van der Waals surface area contributed by atoms with Gasteiger partial charge in [-0.15, -0.1) is 0 Å². The number of amidine groups is 1. The van der Waals surface area contributed by atoms with Crippen LogP contribution in [0.25, 0.3) is 0 Å². The summed E-state index contributed by atoms with van der Waals surface area (Å²) in [6.07, 6.45) is 2.02. The standard InChI is InChI=1S/C21H17Cl2N3O/c22-17-10-9-14(13-18(17)23)12-16(15-6-2-1-3-7-15)21(27)26-20(24)19-8-4-5-11-25-19/h1-11,13,16H,12H2,(H2,24,26,27). The number of pyridine rings is 1. The Hall–Kier alpha value is -2.69. The highest BCUT2D eigenvalue weighted by Gasteiger charge is 2.23. The molecule has 27 heavy (non-hydrogen) atoms. The van der Waals surface area contributed by atoms with Gasteiger partial charge in [0, 0.05) is 6.20 Å². The van der Waals surface area contributed by atoms with Gasteiger partial charge >= 0.3 is 0 Å². The van der Waals surface area contributed by atoms with Crippen molar-refractivity contribution in [2.75, 3.05) is 0 Å². The number of carbonyl (C=O) groups is 1. The number of nitrogens with zero attached hydrogens (tertiary/aromatic N) is 1. The molecule has 0 bridgehead atoms. The molecule has 4 nitrogen and oxygen atoms in total. The highest BCUT2D eigenvalue weighted by molar-refractivity contribution is 6.42. The summed E-state index contributed by atoms with van der Waals surface area (Å²) in [6.45, 7) is 0. The SMILES string of the molecule is N=C(NC(=O)C(Cc1ccc(Cl)c(Cl)c1)c1ccccc1)c1ccccn1. The number of halogens is 2. The molecule has 0 spiro atoms. The van der Waals surface area contributed by atoms with Crippen molar-refractivity contribution >= 4 is 34.9 Å². The zero-order valence-electron chi connectivity index (χ0n) is 14.3. The summed E-state index contributed by atoms with van der Waals surface area (Å²) >= 11 is 12.1. The molecule has 136 valence electrons. The first kappa shape index (κ1) is 19.1. The maximum atomic E-state index is 12.9. The molecular weight excluding hydrogens is 381 g/mol. The van der Waals surface area contributed by atoms with Crippen LogP contribution in [0.5, 0.6) is 0 Å². The van der Waals surface area contributed by atoms with E-state index in [9.17, 15) is 4.79 Å². The van der Waals surface area contributed by atoms with Crippen LogP contribution in [0.15, 0.2) is 72.9 Å². The van der Waals surface area contributed by atoms with Gasteiger partial charge in [0.15, 0.2) is 5.84 Å². The third kappa shape index (κ3) is 4.94. The molecule has 0 saturated heterocycles. The van der Waals surface area contributed by atoms with Gasteiger partial charge in [-0.1, -0.05) is 65.7 Å². The Balaban J connectivity index is 1.84. The first-order valence-corrected chi connectivity index (χ1v) is 9.10. The summed E-state index contributed by atoms with van der Waals surface area (Å²) in [6, 6.07) is 20.0. The number of hydrogen-bond donors (Lipinski definition) is 2. The largest absolute Gasteiger partial charge is 0.309 e. The number of rotatable bonds is 5. The second-order valence-corrected chi connectivity index (χ2v) is 6.81. The van der Waals surface area contributed by atoms with Gasteiger partial charge in [-0.3, -0.25) is 15.2 Å². The summed E-state index contributed by atoms with van der Waals surface area (Å²) in [5, 5.41) is 11.7. The van der Waals surface area contributed by atoms with Gasteiger partial charge in [0.05, 0.1) is 16.0 Å². The van der Waals surface area contributed by atoms with Gasteiger partial charge in [0.25, 0.3) is 0 Å². The van der Waals surface area contributed by atoms with Crippen LogP contribution in [0.4, 0.5) is 0 Å². The van der Waals surface area contributed by atoms with E-state index in [1.54, 1.807) is 36.5 Å². The van der Waals surface area contributed by atoms with Crippen LogP contribution in [0, 0.1) is 5.41 Å². The third-order valence-electron chi connectivity index (χ3n) is 4.11. The highest BCUT2D eigenvalue weighted by Crippen LogP contribution is 2.27. The van der Waals surface area contributed by atoms with Crippen molar-refractivity contribution in [2.45, 2.75) is 12.3 Å². The van der Waals surface area contributed by atoms with Crippen LogP contribution in [0.3, 0.4) is 0 Å². The average Bonchev–Trinajstić information content (AvgIpc) is 2.70. The molecule has 1 heterocycles. The average molecular weight is 398 g/mol. The Morgan fingerprint density at radius 1 is 1.00 bits per heavy atom. The first-order chi connectivity index (χ1) is 13.0. The van der Waals surface area contributed by atoms with Crippen LogP contribution >= 0.6 is 23.2 Å². The molecule has 1 aromatic heterocycles. The predicted octanol–water partition coefficient (Wildman–Crippen LogP) is 4.86. The molecule has 0 radical (unpaired) electrons. The zero-order valence-corrected chi connectivity index (χ0v) is 15.8. The van der Waals surface area contributed by atoms with E-state index in [-0.39, 0.29) is 11.7 Å². The van der Waals surface area contributed by atoms with E-state index in [2.05, 4.69) is 10.3 Å². The van der Waals surface area contributed by atoms with E-state index >= 15 is 0 Å². The maximum Gasteiger partial charge on any atom is 0.233 e. The second-order valence-electron chi connectivity index (χ2n) is 6.00. The fourth-order valence-corrected chi connectivity index (χ4v) is 3.06. The Labute approximate surface area is 167 Å². The molecule has 0 fully saturated rings. The van der Waals surface area contributed by atoms with Gasteiger partial charge in [-0.2, -0.15) is 0 Å². The molecule has 0 saturated carbocycles. The van der Waals surface area contributed by atoms with E-state index in [4.69, 9.17) is 28.6 Å². The molecule has 0 aliphatic rings. The van der Waals surface area contributed by atoms with Gasteiger partial charge in [0.2, 0.25) is 5.91 Å². The van der Waals surface area contributed by atoms with E-state index in [0.717, 1.165) is 11.1 Å². The zero-order chi connectivity index (χ0) is 19.2. The third-order valence-corrected chi connectivity index (χ3v) is 4.85. The topological polar surface area (TPSA) is 65.8 Å². The Morgan fingerprint density at radius 2 is 1.74 bits per heavy atom. The summed E-state index contributed by atoms with van der Waals surface area (Å²) in [5.41, 5.74) is 2.15. The minimum Gasteiger partial charge on any atom is -0.309 e. The van der Waals surface area contributed by atoms with Crippen molar-refractivity contribution in [3.8, 4) is 0 Å². The lowest BCUT2D eigenvalue weighted by atomic mass is 9.91. The van der Waals surface area contributed by atoms with Gasteiger partial charge in [0.1, 0.15) is 5.69 Å². The first-order valence-electron chi connectivity index (χ1n) is 8.34. The Morgan fingerprint density at radius 3 is 2.41 bits per heavy atom.